The highest BCUT2D eigenvalue weighted by molar-refractivity contribution is 5.81. The second-order valence-electron chi connectivity index (χ2n) is 3.77. The smallest absolute Gasteiger partial charge is 0.311 e. The summed E-state index contributed by atoms with van der Waals surface area (Å²) in [6.45, 7) is 2.66. The molecule has 19 heavy (non-hydrogen) atoms. The van der Waals surface area contributed by atoms with Gasteiger partial charge in [-0.25, -0.2) is 4.98 Å². The average molecular weight is 267 g/mol. The van der Waals surface area contributed by atoms with Gasteiger partial charge < -0.3 is 16.0 Å². The van der Waals surface area contributed by atoms with Crippen molar-refractivity contribution in [3.05, 3.63) is 22.2 Å². The highest BCUT2D eigenvalue weighted by Crippen LogP contribution is 2.23. The number of amides is 1. The Morgan fingerprint density at radius 1 is 1.42 bits per heavy atom. The molecule has 0 aliphatic heterocycles. The first-order valence-electron chi connectivity index (χ1n) is 5.92. The van der Waals surface area contributed by atoms with Gasteiger partial charge in [-0.1, -0.05) is 6.92 Å². The Balaban J connectivity index is 2.88. The van der Waals surface area contributed by atoms with E-state index in [1.807, 2.05) is 6.92 Å². The normalized spacial score (nSPS) is 9.79. The number of hydrogen-bond donors (Lipinski definition) is 3. The molecular formula is C11H17N5O3. The van der Waals surface area contributed by atoms with Gasteiger partial charge in [0, 0.05) is 19.7 Å². The van der Waals surface area contributed by atoms with Crippen molar-refractivity contribution >= 4 is 23.2 Å². The molecule has 0 saturated heterocycles. The van der Waals surface area contributed by atoms with Crippen LogP contribution in [0.4, 0.5) is 17.3 Å². The highest BCUT2D eigenvalue weighted by atomic mass is 16.6. The molecule has 1 aromatic rings. The van der Waals surface area contributed by atoms with Gasteiger partial charge in [-0.15, -0.1) is 0 Å². The van der Waals surface area contributed by atoms with Crippen molar-refractivity contribution in [2.45, 2.75) is 13.3 Å². The number of carbonyl (C=O) groups excluding carboxylic acids is 1. The topological polar surface area (TPSA) is 109 Å². The second kappa shape index (κ2) is 7.14. The summed E-state index contributed by atoms with van der Waals surface area (Å²) in [6.07, 6.45) is 0.916. The maximum Gasteiger partial charge on any atom is 0.311 e. The molecule has 0 fully saturated rings. The molecule has 8 nitrogen and oxygen atoms in total. The molecule has 0 saturated carbocycles. The predicted molar refractivity (Wildman–Crippen MR) is 72.2 cm³/mol. The van der Waals surface area contributed by atoms with Gasteiger partial charge in [-0.05, 0) is 12.5 Å². The number of hydrogen-bond acceptors (Lipinski definition) is 6. The predicted octanol–water partition coefficient (Wildman–Crippen LogP) is 0.970. The molecule has 1 amide bonds. The fraction of sp³-hybridized carbons (Fsp3) is 0.455. The molecule has 0 radical (unpaired) electrons. The van der Waals surface area contributed by atoms with E-state index < -0.39 is 4.92 Å². The zero-order chi connectivity index (χ0) is 14.3. The van der Waals surface area contributed by atoms with Gasteiger partial charge >= 0.3 is 5.69 Å². The number of carbonyl (C=O) groups is 1. The standard InChI is InChI=1S/C11H17N5O3/c1-3-6-13-9-5-4-8(16(18)19)11(15-9)14-7-10(17)12-2/h4-5H,3,6-7H2,1-2H3,(H,12,17)(H2,13,14,15). The molecule has 1 aromatic heterocycles. The van der Waals surface area contributed by atoms with Crippen LogP contribution in [0.15, 0.2) is 12.1 Å². The molecule has 0 unspecified atom stereocenters. The summed E-state index contributed by atoms with van der Waals surface area (Å²) < 4.78 is 0. The Morgan fingerprint density at radius 2 is 2.16 bits per heavy atom. The van der Waals surface area contributed by atoms with Crippen molar-refractivity contribution < 1.29 is 9.72 Å². The molecule has 0 aromatic carbocycles. The maximum atomic E-state index is 11.1. The van der Waals surface area contributed by atoms with Crippen molar-refractivity contribution in [2.75, 3.05) is 30.8 Å². The third kappa shape index (κ3) is 4.41. The number of rotatable bonds is 7. The largest absolute Gasteiger partial charge is 0.370 e. The van der Waals surface area contributed by atoms with E-state index in [9.17, 15) is 14.9 Å². The summed E-state index contributed by atoms with van der Waals surface area (Å²) in [6, 6.07) is 2.90. The molecule has 1 rings (SSSR count). The minimum atomic E-state index is -0.539. The van der Waals surface area contributed by atoms with Crippen molar-refractivity contribution in [3.8, 4) is 0 Å². The van der Waals surface area contributed by atoms with Gasteiger partial charge in [-0.3, -0.25) is 14.9 Å². The highest BCUT2D eigenvalue weighted by Gasteiger charge is 2.16. The fourth-order valence-corrected chi connectivity index (χ4v) is 1.33. The van der Waals surface area contributed by atoms with Crippen LogP contribution < -0.4 is 16.0 Å². The van der Waals surface area contributed by atoms with Crippen LogP contribution in [0.1, 0.15) is 13.3 Å². The first-order chi connectivity index (χ1) is 9.08. The van der Waals surface area contributed by atoms with E-state index in [0.29, 0.717) is 5.82 Å². The lowest BCUT2D eigenvalue weighted by atomic mass is 10.3. The van der Waals surface area contributed by atoms with Crippen LogP contribution in [-0.2, 0) is 4.79 Å². The zero-order valence-corrected chi connectivity index (χ0v) is 10.9. The summed E-state index contributed by atoms with van der Waals surface area (Å²) in [7, 11) is 1.49. The first kappa shape index (κ1) is 14.7. The average Bonchev–Trinajstić information content (AvgIpc) is 2.42. The summed E-state index contributed by atoms with van der Waals surface area (Å²) in [5, 5.41) is 19.0. The van der Waals surface area contributed by atoms with Gasteiger partial charge in [-0.2, -0.15) is 0 Å². The van der Waals surface area contributed by atoms with E-state index in [2.05, 4.69) is 20.9 Å². The number of nitro groups is 1. The van der Waals surface area contributed by atoms with Gasteiger partial charge in [0.25, 0.3) is 0 Å². The molecule has 0 aliphatic carbocycles. The van der Waals surface area contributed by atoms with Crippen LogP contribution in [0.2, 0.25) is 0 Å². The summed E-state index contributed by atoms with van der Waals surface area (Å²) in [5.74, 6) is 0.338. The van der Waals surface area contributed by atoms with Gasteiger partial charge in [0.15, 0.2) is 0 Å². The number of nitrogens with one attached hydrogen (secondary N) is 3. The van der Waals surface area contributed by atoms with E-state index in [1.54, 1.807) is 6.07 Å². The molecule has 104 valence electrons. The summed E-state index contributed by atoms with van der Waals surface area (Å²) >= 11 is 0. The van der Waals surface area contributed by atoms with E-state index in [-0.39, 0.29) is 24.0 Å². The van der Waals surface area contributed by atoms with Crippen molar-refractivity contribution in [3.63, 3.8) is 0 Å². The van der Waals surface area contributed by atoms with Crippen LogP contribution in [0.25, 0.3) is 0 Å². The molecule has 0 atom stereocenters. The minimum absolute atomic E-state index is 0.0679. The quantitative estimate of drug-likeness (QED) is 0.501. The Bertz CT molecular complexity index is 464. The van der Waals surface area contributed by atoms with E-state index in [0.717, 1.165) is 13.0 Å². The van der Waals surface area contributed by atoms with Crippen LogP contribution >= 0.6 is 0 Å². The van der Waals surface area contributed by atoms with Gasteiger partial charge in [0.05, 0.1) is 11.5 Å². The zero-order valence-electron chi connectivity index (χ0n) is 10.9. The first-order valence-corrected chi connectivity index (χ1v) is 5.92. The second-order valence-corrected chi connectivity index (χ2v) is 3.77. The lowest BCUT2D eigenvalue weighted by Gasteiger charge is -2.08. The molecule has 3 N–H and O–H groups in total. The van der Waals surface area contributed by atoms with Crippen molar-refractivity contribution in [2.24, 2.45) is 0 Å². The molecule has 0 spiro atoms. The molecular weight excluding hydrogens is 250 g/mol. The number of likely N-dealkylation sites (N-methyl/N-ethyl adjacent to an activating group) is 1. The van der Waals surface area contributed by atoms with Crippen LogP contribution in [0.5, 0.6) is 0 Å². The Labute approximate surface area is 110 Å². The molecule has 8 heteroatoms. The van der Waals surface area contributed by atoms with Crippen molar-refractivity contribution in [1.82, 2.24) is 10.3 Å². The van der Waals surface area contributed by atoms with Crippen LogP contribution in [0.3, 0.4) is 0 Å². The lowest BCUT2D eigenvalue weighted by molar-refractivity contribution is -0.384. The van der Waals surface area contributed by atoms with E-state index >= 15 is 0 Å². The third-order valence-electron chi connectivity index (χ3n) is 2.32. The number of pyridine rings is 1. The molecule has 0 bridgehead atoms. The number of aromatic nitrogens is 1. The lowest BCUT2D eigenvalue weighted by Crippen LogP contribution is -2.26. The van der Waals surface area contributed by atoms with Gasteiger partial charge in [0.2, 0.25) is 11.7 Å². The van der Waals surface area contributed by atoms with Crippen LogP contribution in [0, 0.1) is 10.1 Å². The minimum Gasteiger partial charge on any atom is -0.370 e. The Hall–Kier alpha value is -2.38. The summed E-state index contributed by atoms with van der Waals surface area (Å²) in [4.78, 5) is 25.6. The van der Waals surface area contributed by atoms with Crippen LogP contribution in [-0.4, -0.2) is 36.0 Å². The maximum absolute atomic E-state index is 11.1. The molecule has 1 heterocycles. The monoisotopic (exact) mass is 267 g/mol. The van der Waals surface area contributed by atoms with E-state index in [1.165, 1.54) is 13.1 Å². The Kier molecular flexibility index (Phi) is 5.52. The Morgan fingerprint density at radius 3 is 2.74 bits per heavy atom. The number of anilines is 2. The SMILES string of the molecule is CCCNc1ccc([N+](=O)[O-])c(NCC(=O)NC)n1. The summed E-state index contributed by atoms with van der Waals surface area (Å²) in [5.41, 5.74) is -0.161. The van der Waals surface area contributed by atoms with E-state index in [4.69, 9.17) is 0 Å². The van der Waals surface area contributed by atoms with Gasteiger partial charge in [0.1, 0.15) is 5.82 Å². The number of nitrogens with zero attached hydrogens (tertiary/aromatic N) is 2. The molecule has 0 aliphatic rings. The van der Waals surface area contributed by atoms with Crippen molar-refractivity contribution in [1.29, 1.82) is 0 Å². The fourth-order valence-electron chi connectivity index (χ4n) is 1.33. The third-order valence-corrected chi connectivity index (χ3v) is 2.32.